The lowest BCUT2D eigenvalue weighted by Crippen LogP contribution is -2.17. The van der Waals surface area contributed by atoms with Gasteiger partial charge in [0.2, 0.25) is 0 Å². The van der Waals surface area contributed by atoms with Crippen LogP contribution in [-0.4, -0.2) is 32.5 Å². The summed E-state index contributed by atoms with van der Waals surface area (Å²) in [5, 5.41) is 16.9. The van der Waals surface area contributed by atoms with Gasteiger partial charge in [-0.25, -0.2) is 0 Å². The van der Waals surface area contributed by atoms with Crippen molar-refractivity contribution in [2.24, 2.45) is 0 Å². The molecule has 0 aromatic heterocycles. The van der Waals surface area contributed by atoms with Crippen LogP contribution in [0.15, 0.2) is 0 Å². The molecule has 0 saturated carbocycles. The maximum Gasteiger partial charge on any atom is 0.264 e. The summed E-state index contributed by atoms with van der Waals surface area (Å²) in [6.07, 6.45) is -0.281. The van der Waals surface area contributed by atoms with E-state index in [2.05, 4.69) is 4.18 Å². The van der Waals surface area contributed by atoms with Crippen molar-refractivity contribution in [3.63, 3.8) is 0 Å². The van der Waals surface area contributed by atoms with Crippen LogP contribution in [0.3, 0.4) is 0 Å². The highest BCUT2D eigenvalue weighted by Gasteiger charge is 2.07. The normalized spacial score (nSPS) is 13.9. The van der Waals surface area contributed by atoms with Gasteiger partial charge in [0.15, 0.2) is 0 Å². The molecule has 0 heterocycles. The second-order valence-electron chi connectivity index (χ2n) is 2.00. The zero-order valence-electron chi connectivity index (χ0n) is 6.02. The Balaban J connectivity index is 3.65. The Morgan fingerprint density at radius 2 is 2.27 bits per heavy atom. The Kier molecular flexibility index (Phi) is 4.03. The van der Waals surface area contributed by atoms with Crippen molar-refractivity contribution in [2.45, 2.75) is 12.5 Å². The Morgan fingerprint density at radius 3 is 2.64 bits per heavy atom. The molecule has 0 amide bonds. The van der Waals surface area contributed by atoms with Crippen LogP contribution < -0.4 is 0 Å². The van der Waals surface area contributed by atoms with Crippen LogP contribution in [0.2, 0.25) is 0 Å². The Labute approximate surface area is 65.3 Å². The van der Waals surface area contributed by atoms with Crippen LogP contribution in [0.5, 0.6) is 0 Å². The van der Waals surface area contributed by atoms with Crippen molar-refractivity contribution in [3.05, 3.63) is 0 Å². The second-order valence-corrected chi connectivity index (χ2v) is 3.65. The lowest BCUT2D eigenvalue weighted by molar-refractivity contribution is 0.115. The second kappa shape index (κ2) is 4.28. The van der Waals surface area contributed by atoms with Crippen LogP contribution in [-0.2, 0) is 14.3 Å². The molecule has 64 valence electrons. The largest absolute Gasteiger partial charge is 0.390 e. The summed E-state index contributed by atoms with van der Waals surface area (Å²) in [7, 11) is -3.51. The topological polar surface area (TPSA) is 87.4 Å². The SMILES string of the molecule is CS(=O)(=O)OC[C@@H](O)CC#N. The zero-order chi connectivity index (χ0) is 8.91. The minimum absolute atomic E-state index is 0.129. The standard InChI is InChI=1S/C5H9NO4S/c1-11(8,9)10-4-5(7)2-3-6/h5,7H,2,4H2,1H3/t5-/m0/s1. The summed E-state index contributed by atoms with van der Waals surface area (Å²) in [6, 6.07) is 1.68. The van der Waals surface area contributed by atoms with Gasteiger partial charge in [-0.3, -0.25) is 4.18 Å². The minimum Gasteiger partial charge on any atom is -0.390 e. The van der Waals surface area contributed by atoms with Crippen molar-refractivity contribution in [2.75, 3.05) is 12.9 Å². The molecule has 0 unspecified atom stereocenters. The average molecular weight is 179 g/mol. The number of rotatable bonds is 4. The van der Waals surface area contributed by atoms with Crippen LogP contribution in [0.25, 0.3) is 0 Å². The molecule has 0 saturated heterocycles. The van der Waals surface area contributed by atoms with E-state index < -0.39 is 16.2 Å². The maximum absolute atomic E-state index is 10.3. The number of aliphatic hydroxyl groups excluding tert-OH is 1. The predicted octanol–water partition coefficient (Wildman–Crippen LogP) is -0.763. The first-order valence-corrected chi connectivity index (χ1v) is 4.67. The summed E-state index contributed by atoms with van der Waals surface area (Å²) in [5.41, 5.74) is 0. The van der Waals surface area contributed by atoms with Gasteiger partial charge in [0.1, 0.15) is 0 Å². The fourth-order valence-electron chi connectivity index (χ4n) is 0.366. The smallest absolute Gasteiger partial charge is 0.264 e. The Bertz CT molecular complexity index is 240. The maximum atomic E-state index is 10.3. The molecule has 0 aliphatic heterocycles. The van der Waals surface area contributed by atoms with Gasteiger partial charge in [-0.1, -0.05) is 0 Å². The van der Waals surface area contributed by atoms with Crippen molar-refractivity contribution >= 4 is 10.1 Å². The highest BCUT2D eigenvalue weighted by atomic mass is 32.2. The first-order chi connectivity index (χ1) is 4.95. The molecular weight excluding hydrogens is 170 g/mol. The van der Waals surface area contributed by atoms with Crippen molar-refractivity contribution < 1.29 is 17.7 Å². The van der Waals surface area contributed by atoms with E-state index in [9.17, 15) is 8.42 Å². The van der Waals surface area contributed by atoms with Gasteiger partial charge in [-0.05, 0) is 0 Å². The quantitative estimate of drug-likeness (QED) is 0.573. The molecule has 5 nitrogen and oxygen atoms in total. The highest BCUT2D eigenvalue weighted by molar-refractivity contribution is 7.85. The van der Waals surface area contributed by atoms with Crippen molar-refractivity contribution in [1.82, 2.24) is 0 Å². The van der Waals surface area contributed by atoms with E-state index in [4.69, 9.17) is 10.4 Å². The van der Waals surface area contributed by atoms with E-state index in [0.717, 1.165) is 6.26 Å². The molecule has 0 aliphatic carbocycles. The first kappa shape index (κ1) is 10.4. The molecule has 0 rings (SSSR count). The third kappa shape index (κ3) is 7.25. The minimum atomic E-state index is -3.51. The molecule has 11 heavy (non-hydrogen) atoms. The van der Waals surface area contributed by atoms with Gasteiger partial charge < -0.3 is 5.11 Å². The molecule has 0 aromatic rings. The van der Waals surface area contributed by atoms with Crippen LogP contribution >= 0.6 is 0 Å². The van der Waals surface area contributed by atoms with Crippen molar-refractivity contribution in [3.8, 4) is 6.07 Å². The van der Waals surface area contributed by atoms with Gasteiger partial charge in [0, 0.05) is 0 Å². The first-order valence-electron chi connectivity index (χ1n) is 2.85. The molecule has 0 aliphatic rings. The lowest BCUT2D eigenvalue weighted by Gasteiger charge is -2.04. The van der Waals surface area contributed by atoms with E-state index in [1.54, 1.807) is 6.07 Å². The van der Waals surface area contributed by atoms with Gasteiger partial charge in [0.25, 0.3) is 10.1 Å². The lowest BCUT2D eigenvalue weighted by atomic mass is 10.3. The van der Waals surface area contributed by atoms with E-state index in [0.29, 0.717) is 0 Å². The number of hydrogen-bond acceptors (Lipinski definition) is 5. The molecule has 0 aromatic carbocycles. The molecule has 0 spiro atoms. The molecule has 0 fully saturated rings. The van der Waals surface area contributed by atoms with Gasteiger partial charge in [-0.15, -0.1) is 0 Å². The number of hydrogen-bond donors (Lipinski definition) is 1. The monoisotopic (exact) mass is 179 g/mol. The molecule has 0 bridgehead atoms. The molecule has 1 N–H and O–H groups in total. The summed E-state index contributed by atoms with van der Waals surface area (Å²) in [4.78, 5) is 0. The summed E-state index contributed by atoms with van der Waals surface area (Å²) >= 11 is 0. The highest BCUT2D eigenvalue weighted by Crippen LogP contribution is 1.94. The van der Waals surface area contributed by atoms with Gasteiger partial charge in [0.05, 0.1) is 31.5 Å². The summed E-state index contributed by atoms with van der Waals surface area (Å²) in [6.45, 7) is -0.355. The third-order valence-corrected chi connectivity index (χ3v) is 1.37. The number of nitrogens with zero attached hydrogens (tertiary/aromatic N) is 1. The van der Waals surface area contributed by atoms with E-state index in [1.165, 1.54) is 0 Å². The molecule has 6 heteroatoms. The Morgan fingerprint density at radius 1 is 1.73 bits per heavy atom. The predicted molar refractivity (Wildman–Crippen MR) is 37.0 cm³/mol. The summed E-state index contributed by atoms with van der Waals surface area (Å²) in [5.74, 6) is 0. The fraction of sp³-hybridized carbons (Fsp3) is 0.800. The van der Waals surface area contributed by atoms with Gasteiger partial charge >= 0.3 is 0 Å². The van der Waals surface area contributed by atoms with Crippen LogP contribution in [0.4, 0.5) is 0 Å². The van der Waals surface area contributed by atoms with E-state index in [1.807, 2.05) is 0 Å². The number of aliphatic hydroxyl groups is 1. The third-order valence-electron chi connectivity index (χ3n) is 0.801. The van der Waals surface area contributed by atoms with E-state index in [-0.39, 0.29) is 13.0 Å². The summed E-state index contributed by atoms with van der Waals surface area (Å²) < 4.78 is 24.9. The van der Waals surface area contributed by atoms with E-state index >= 15 is 0 Å². The fourth-order valence-corrected chi connectivity index (χ4v) is 0.771. The van der Waals surface area contributed by atoms with Crippen LogP contribution in [0.1, 0.15) is 6.42 Å². The molecule has 1 atom stereocenters. The number of nitriles is 1. The van der Waals surface area contributed by atoms with Crippen LogP contribution in [0, 0.1) is 11.3 Å². The zero-order valence-corrected chi connectivity index (χ0v) is 6.84. The molecule has 0 radical (unpaired) electrons. The Hall–Kier alpha value is -0.640. The molecular formula is C5H9NO4S. The average Bonchev–Trinajstić information content (AvgIpc) is 1.83. The van der Waals surface area contributed by atoms with Crippen molar-refractivity contribution in [1.29, 1.82) is 5.26 Å². The van der Waals surface area contributed by atoms with Gasteiger partial charge in [-0.2, -0.15) is 13.7 Å².